The zero-order valence-electron chi connectivity index (χ0n) is 8.70. The maximum Gasteiger partial charge on any atom is 0.407 e. The van der Waals surface area contributed by atoms with Gasteiger partial charge in [-0.15, -0.1) is 0 Å². The van der Waals surface area contributed by atoms with E-state index in [4.69, 9.17) is 5.11 Å². The van der Waals surface area contributed by atoms with Crippen LogP contribution in [0.1, 0.15) is 13.3 Å². The first-order valence-electron chi connectivity index (χ1n) is 4.02. The number of methoxy groups -OCH3 is 2. The van der Waals surface area contributed by atoms with Gasteiger partial charge in [0.2, 0.25) is 0 Å². The SMILES string of the molecule is COC(=O)N[C@@](C)(CC(=O)O)C(=O)OC. The van der Waals surface area contributed by atoms with Crippen molar-refractivity contribution in [2.45, 2.75) is 18.9 Å². The van der Waals surface area contributed by atoms with Gasteiger partial charge in [-0.25, -0.2) is 9.59 Å². The average molecular weight is 219 g/mol. The molecular formula is C8H13NO6. The fourth-order valence-corrected chi connectivity index (χ4v) is 0.971. The van der Waals surface area contributed by atoms with E-state index in [1.54, 1.807) is 0 Å². The summed E-state index contributed by atoms with van der Waals surface area (Å²) in [5, 5.41) is 10.7. The molecule has 0 saturated heterocycles. The molecule has 0 spiro atoms. The van der Waals surface area contributed by atoms with Crippen LogP contribution in [0.3, 0.4) is 0 Å². The highest BCUT2D eigenvalue weighted by molar-refractivity contribution is 5.89. The quantitative estimate of drug-likeness (QED) is 0.632. The molecule has 0 bridgehead atoms. The summed E-state index contributed by atoms with van der Waals surface area (Å²) in [7, 11) is 2.20. The number of hydrogen-bond donors (Lipinski definition) is 2. The second-order valence-electron chi connectivity index (χ2n) is 3.01. The molecule has 0 heterocycles. The van der Waals surface area contributed by atoms with Crippen LogP contribution >= 0.6 is 0 Å². The fourth-order valence-electron chi connectivity index (χ4n) is 0.971. The number of amides is 1. The molecule has 0 aromatic heterocycles. The van der Waals surface area contributed by atoms with Gasteiger partial charge in [-0.05, 0) is 6.92 Å². The summed E-state index contributed by atoms with van der Waals surface area (Å²) in [6.07, 6.45) is -1.49. The Morgan fingerprint density at radius 1 is 1.27 bits per heavy atom. The van der Waals surface area contributed by atoms with E-state index in [0.717, 1.165) is 14.2 Å². The lowest BCUT2D eigenvalue weighted by molar-refractivity contribution is -0.152. The predicted octanol–water partition coefficient (Wildman–Crippen LogP) is -0.251. The van der Waals surface area contributed by atoms with Gasteiger partial charge < -0.3 is 19.9 Å². The smallest absolute Gasteiger partial charge is 0.407 e. The third kappa shape index (κ3) is 3.84. The normalized spacial score (nSPS) is 13.5. The third-order valence-corrected chi connectivity index (χ3v) is 1.70. The molecule has 0 saturated carbocycles. The zero-order valence-corrected chi connectivity index (χ0v) is 8.70. The third-order valence-electron chi connectivity index (χ3n) is 1.70. The summed E-state index contributed by atoms with van der Waals surface area (Å²) in [5.41, 5.74) is -1.63. The van der Waals surface area contributed by atoms with E-state index in [1.165, 1.54) is 6.92 Å². The molecule has 0 radical (unpaired) electrons. The van der Waals surface area contributed by atoms with Crippen molar-refractivity contribution in [1.29, 1.82) is 0 Å². The summed E-state index contributed by atoms with van der Waals surface area (Å²) in [6, 6.07) is 0. The van der Waals surface area contributed by atoms with Crippen LogP contribution in [0, 0.1) is 0 Å². The minimum Gasteiger partial charge on any atom is -0.481 e. The van der Waals surface area contributed by atoms with Gasteiger partial charge in [0, 0.05) is 0 Å². The summed E-state index contributed by atoms with van der Waals surface area (Å²) < 4.78 is 8.66. The molecule has 0 unspecified atom stereocenters. The van der Waals surface area contributed by atoms with E-state index in [0.29, 0.717) is 0 Å². The summed E-state index contributed by atoms with van der Waals surface area (Å²) >= 11 is 0. The number of carbonyl (C=O) groups is 3. The second kappa shape index (κ2) is 5.18. The Hall–Kier alpha value is -1.79. The van der Waals surface area contributed by atoms with Gasteiger partial charge in [0.15, 0.2) is 0 Å². The molecular weight excluding hydrogens is 206 g/mol. The molecule has 0 rings (SSSR count). The number of rotatable bonds is 4. The van der Waals surface area contributed by atoms with Gasteiger partial charge in [-0.3, -0.25) is 4.79 Å². The number of aliphatic carboxylic acids is 1. The van der Waals surface area contributed by atoms with E-state index in [1.807, 2.05) is 0 Å². The van der Waals surface area contributed by atoms with Crippen molar-refractivity contribution >= 4 is 18.0 Å². The highest BCUT2D eigenvalue weighted by Crippen LogP contribution is 2.12. The Labute approximate surface area is 86.3 Å². The van der Waals surface area contributed by atoms with Crippen LogP contribution in [0.4, 0.5) is 4.79 Å². The first-order chi connectivity index (χ1) is 6.85. The van der Waals surface area contributed by atoms with Gasteiger partial charge in [-0.2, -0.15) is 0 Å². The maximum atomic E-state index is 11.3. The van der Waals surface area contributed by atoms with Gasteiger partial charge in [0.25, 0.3) is 0 Å². The van der Waals surface area contributed by atoms with Crippen molar-refractivity contribution in [3.8, 4) is 0 Å². The minimum absolute atomic E-state index is 0.589. The van der Waals surface area contributed by atoms with E-state index < -0.39 is 30.0 Å². The Morgan fingerprint density at radius 3 is 2.13 bits per heavy atom. The Bertz CT molecular complexity index is 276. The molecule has 0 aliphatic carbocycles. The summed E-state index contributed by atoms with van der Waals surface area (Å²) in [6.45, 7) is 1.24. The average Bonchev–Trinajstić information content (AvgIpc) is 2.14. The van der Waals surface area contributed by atoms with Crippen molar-refractivity contribution in [1.82, 2.24) is 5.32 Å². The van der Waals surface area contributed by atoms with E-state index in [-0.39, 0.29) is 0 Å². The summed E-state index contributed by atoms with van der Waals surface area (Å²) in [5.74, 6) is -2.09. The number of ether oxygens (including phenoxy) is 2. The molecule has 0 aromatic carbocycles. The van der Waals surface area contributed by atoms with Crippen LogP contribution in [0.5, 0.6) is 0 Å². The highest BCUT2D eigenvalue weighted by atomic mass is 16.5. The van der Waals surface area contributed by atoms with Crippen molar-refractivity contribution in [3.05, 3.63) is 0 Å². The highest BCUT2D eigenvalue weighted by Gasteiger charge is 2.38. The number of esters is 1. The topological polar surface area (TPSA) is 102 Å². The van der Waals surface area contributed by atoms with Gasteiger partial charge in [-0.1, -0.05) is 0 Å². The number of carboxylic acid groups (broad SMARTS) is 1. The number of alkyl carbamates (subject to hydrolysis) is 1. The molecule has 86 valence electrons. The largest absolute Gasteiger partial charge is 0.481 e. The minimum atomic E-state index is -1.63. The van der Waals surface area contributed by atoms with Crippen LogP contribution < -0.4 is 5.32 Å². The molecule has 0 aliphatic rings. The van der Waals surface area contributed by atoms with E-state index >= 15 is 0 Å². The second-order valence-corrected chi connectivity index (χ2v) is 3.01. The molecule has 7 nitrogen and oxygen atoms in total. The van der Waals surface area contributed by atoms with Crippen LogP contribution in [0.15, 0.2) is 0 Å². The molecule has 2 N–H and O–H groups in total. The molecule has 15 heavy (non-hydrogen) atoms. The number of nitrogens with one attached hydrogen (secondary N) is 1. The number of hydrogen-bond acceptors (Lipinski definition) is 5. The number of carbonyl (C=O) groups excluding carboxylic acids is 2. The van der Waals surface area contributed by atoms with Gasteiger partial charge in [0.05, 0.1) is 20.6 Å². The Balaban J connectivity index is 4.76. The molecule has 7 heteroatoms. The van der Waals surface area contributed by atoms with Crippen LogP contribution in [0.2, 0.25) is 0 Å². The van der Waals surface area contributed by atoms with Crippen molar-refractivity contribution < 1.29 is 29.0 Å². The lowest BCUT2D eigenvalue weighted by Gasteiger charge is -2.25. The van der Waals surface area contributed by atoms with Crippen molar-refractivity contribution in [2.75, 3.05) is 14.2 Å². The predicted molar refractivity (Wildman–Crippen MR) is 48.2 cm³/mol. The first kappa shape index (κ1) is 13.2. The lowest BCUT2D eigenvalue weighted by Crippen LogP contribution is -2.54. The van der Waals surface area contributed by atoms with Crippen molar-refractivity contribution in [2.24, 2.45) is 0 Å². The van der Waals surface area contributed by atoms with E-state index in [2.05, 4.69) is 14.8 Å². The molecule has 1 amide bonds. The Morgan fingerprint density at radius 2 is 1.80 bits per heavy atom. The van der Waals surface area contributed by atoms with Crippen LogP contribution in [0.25, 0.3) is 0 Å². The zero-order chi connectivity index (χ0) is 12.1. The van der Waals surface area contributed by atoms with Crippen LogP contribution in [-0.4, -0.2) is 42.9 Å². The molecule has 0 aromatic rings. The van der Waals surface area contributed by atoms with Crippen molar-refractivity contribution in [3.63, 3.8) is 0 Å². The lowest BCUT2D eigenvalue weighted by atomic mass is 9.98. The number of carboxylic acids is 1. The molecule has 0 fully saturated rings. The van der Waals surface area contributed by atoms with Crippen LogP contribution in [-0.2, 0) is 19.1 Å². The standard InChI is InChI=1S/C8H13NO6/c1-8(4-5(10)11,6(12)14-2)9-7(13)15-3/h4H2,1-3H3,(H,9,13)(H,10,11)/t8-/m0/s1. The summed E-state index contributed by atoms with van der Waals surface area (Å²) in [4.78, 5) is 32.7. The first-order valence-corrected chi connectivity index (χ1v) is 4.02. The van der Waals surface area contributed by atoms with Gasteiger partial charge >= 0.3 is 18.0 Å². The van der Waals surface area contributed by atoms with Gasteiger partial charge in [0.1, 0.15) is 5.54 Å². The Kier molecular flexibility index (Phi) is 4.56. The molecule has 0 aliphatic heterocycles. The fraction of sp³-hybridized carbons (Fsp3) is 0.625. The molecule has 1 atom stereocenters. The maximum absolute atomic E-state index is 11.3. The monoisotopic (exact) mass is 219 g/mol. The van der Waals surface area contributed by atoms with E-state index in [9.17, 15) is 14.4 Å².